The molecule has 0 aliphatic carbocycles. The van der Waals surface area contributed by atoms with E-state index in [4.69, 9.17) is 9.47 Å². The highest BCUT2D eigenvalue weighted by atomic mass is 16.5. The summed E-state index contributed by atoms with van der Waals surface area (Å²) in [5.41, 5.74) is 3.37. The third kappa shape index (κ3) is 6.38. The van der Waals surface area contributed by atoms with Gasteiger partial charge in [-0.25, -0.2) is 0 Å². The molecule has 0 aliphatic rings. The first-order chi connectivity index (χ1) is 17.3. The molecule has 0 aromatic heterocycles. The summed E-state index contributed by atoms with van der Waals surface area (Å²) >= 11 is 0. The fourth-order valence-electron chi connectivity index (χ4n) is 3.83. The summed E-state index contributed by atoms with van der Waals surface area (Å²) in [7, 11) is 0. The van der Waals surface area contributed by atoms with Gasteiger partial charge in [-0.1, -0.05) is 95.3 Å². The largest absolute Gasteiger partial charge is 0.493 e. The van der Waals surface area contributed by atoms with Crippen LogP contribution in [0.3, 0.4) is 0 Å². The first-order valence-corrected chi connectivity index (χ1v) is 11.5. The topological polar surface area (TPSA) is 77.3 Å². The molecule has 6 heteroatoms. The number of rotatable bonds is 12. The molecule has 0 saturated carbocycles. The lowest BCUT2D eigenvalue weighted by Crippen LogP contribution is -2.05. The third-order valence-electron chi connectivity index (χ3n) is 5.66. The minimum atomic E-state index is -0.532. The molecule has 0 bridgehead atoms. The molecule has 2 atom stereocenters. The molecule has 0 N–H and O–H groups in total. The van der Waals surface area contributed by atoms with Crippen molar-refractivity contribution in [3.63, 3.8) is 0 Å². The minimum Gasteiger partial charge on any atom is -0.493 e. The highest BCUT2D eigenvalue weighted by Crippen LogP contribution is 2.28. The van der Waals surface area contributed by atoms with Gasteiger partial charge in [-0.2, -0.15) is 0 Å². The van der Waals surface area contributed by atoms with Crippen molar-refractivity contribution >= 4 is 0 Å². The Kier molecular flexibility index (Phi) is 8.32. The number of hydrogen-bond acceptors (Lipinski definition) is 6. The van der Waals surface area contributed by atoms with Crippen LogP contribution in [0.25, 0.3) is 0 Å². The second-order valence-corrected chi connectivity index (χ2v) is 8.03. The van der Waals surface area contributed by atoms with E-state index in [1.54, 1.807) is 0 Å². The van der Waals surface area contributed by atoms with Crippen LogP contribution in [0.2, 0.25) is 0 Å². The van der Waals surface area contributed by atoms with Crippen LogP contribution in [0, 0.1) is 9.81 Å². The standard InChI is InChI=1S/C29H26N2O4/c32-30-28(22-8-3-1-4-9-22)24-12-16-26(17-13-24)34-20-7-21-35-27-18-14-25(15-19-27)29(31-33)23-10-5-2-6-11-23/h1-6,8-19,28-29H,7,20-21H2. The fraction of sp³-hybridized carbons (Fsp3) is 0.172. The summed E-state index contributed by atoms with van der Waals surface area (Å²) in [6.07, 6.45) is 0.703. The molecular formula is C29H26N2O4. The van der Waals surface area contributed by atoms with E-state index in [0.29, 0.717) is 19.6 Å². The molecule has 4 rings (SSSR count). The van der Waals surface area contributed by atoms with Crippen LogP contribution < -0.4 is 9.47 Å². The van der Waals surface area contributed by atoms with Crippen LogP contribution in [-0.4, -0.2) is 13.2 Å². The molecule has 0 radical (unpaired) electrons. The first kappa shape index (κ1) is 23.8. The molecule has 176 valence electrons. The van der Waals surface area contributed by atoms with Crippen LogP contribution in [0.5, 0.6) is 11.5 Å². The maximum absolute atomic E-state index is 11.4. The molecular weight excluding hydrogens is 440 g/mol. The predicted molar refractivity (Wildman–Crippen MR) is 137 cm³/mol. The van der Waals surface area contributed by atoms with Gasteiger partial charge in [0.25, 0.3) is 0 Å². The zero-order chi connectivity index (χ0) is 24.3. The third-order valence-corrected chi connectivity index (χ3v) is 5.66. The summed E-state index contributed by atoms with van der Waals surface area (Å²) in [6.45, 7) is 0.993. The van der Waals surface area contributed by atoms with Gasteiger partial charge < -0.3 is 9.47 Å². The summed E-state index contributed by atoms with van der Waals surface area (Å²) in [6, 6.07) is 32.8. The average Bonchev–Trinajstić information content (AvgIpc) is 2.92. The van der Waals surface area contributed by atoms with Gasteiger partial charge in [-0.15, -0.1) is 9.81 Å². The quantitative estimate of drug-likeness (QED) is 0.163. The van der Waals surface area contributed by atoms with Gasteiger partial charge in [0.2, 0.25) is 0 Å². The molecule has 4 aromatic rings. The van der Waals surface area contributed by atoms with Crippen molar-refractivity contribution in [2.45, 2.75) is 18.5 Å². The zero-order valence-corrected chi connectivity index (χ0v) is 19.2. The Labute approximate surface area is 204 Å². The van der Waals surface area contributed by atoms with Gasteiger partial charge in [-0.3, -0.25) is 0 Å². The molecule has 0 heterocycles. The average molecular weight is 467 g/mol. The van der Waals surface area contributed by atoms with Crippen LogP contribution >= 0.6 is 0 Å². The van der Waals surface area contributed by atoms with E-state index in [1.165, 1.54) is 0 Å². The van der Waals surface area contributed by atoms with Crippen molar-refractivity contribution in [1.82, 2.24) is 0 Å². The summed E-state index contributed by atoms with van der Waals surface area (Å²) < 4.78 is 11.6. The lowest BCUT2D eigenvalue weighted by Gasteiger charge is -2.12. The Balaban J connectivity index is 1.22. The lowest BCUT2D eigenvalue weighted by atomic mass is 10.00. The van der Waals surface area contributed by atoms with Crippen molar-refractivity contribution in [1.29, 1.82) is 0 Å². The first-order valence-electron chi connectivity index (χ1n) is 11.5. The Morgan fingerprint density at radius 1 is 0.486 bits per heavy atom. The number of ether oxygens (including phenoxy) is 2. The molecule has 0 aliphatic heterocycles. The van der Waals surface area contributed by atoms with Crippen LogP contribution in [0.1, 0.15) is 40.8 Å². The fourth-order valence-corrected chi connectivity index (χ4v) is 3.83. The highest BCUT2D eigenvalue weighted by molar-refractivity contribution is 5.36. The van der Waals surface area contributed by atoms with Gasteiger partial charge >= 0.3 is 0 Å². The highest BCUT2D eigenvalue weighted by Gasteiger charge is 2.15. The predicted octanol–water partition coefficient (Wildman–Crippen LogP) is 7.25. The number of benzene rings is 4. The summed E-state index contributed by atoms with van der Waals surface area (Å²) in [4.78, 5) is 22.7. The second-order valence-electron chi connectivity index (χ2n) is 8.03. The van der Waals surface area contributed by atoms with E-state index in [-0.39, 0.29) is 0 Å². The van der Waals surface area contributed by atoms with E-state index in [2.05, 4.69) is 10.4 Å². The van der Waals surface area contributed by atoms with Gasteiger partial charge in [0, 0.05) is 6.42 Å². The normalized spacial score (nSPS) is 12.3. The van der Waals surface area contributed by atoms with E-state index >= 15 is 0 Å². The Morgan fingerprint density at radius 3 is 1.17 bits per heavy atom. The molecule has 2 unspecified atom stereocenters. The van der Waals surface area contributed by atoms with Crippen LogP contribution in [-0.2, 0) is 0 Å². The molecule has 6 nitrogen and oxygen atoms in total. The zero-order valence-electron chi connectivity index (χ0n) is 19.2. The molecule has 0 fully saturated rings. The smallest absolute Gasteiger partial charge is 0.142 e. The molecule has 0 spiro atoms. The van der Waals surface area contributed by atoms with Gasteiger partial charge in [0.05, 0.1) is 13.2 Å². The van der Waals surface area contributed by atoms with Gasteiger partial charge in [0.15, 0.2) is 0 Å². The van der Waals surface area contributed by atoms with Gasteiger partial charge in [-0.05, 0) is 46.5 Å². The van der Waals surface area contributed by atoms with E-state index < -0.39 is 12.1 Å². The van der Waals surface area contributed by atoms with Crippen molar-refractivity contribution in [3.05, 3.63) is 141 Å². The SMILES string of the molecule is O=NC(c1ccccc1)c1ccc(OCCCOc2ccc(C(N=O)c3ccccc3)cc2)cc1. The number of nitroso groups, excluding NO2 is 2. The number of nitrogens with zero attached hydrogens (tertiary/aromatic N) is 2. The molecule has 4 aromatic carbocycles. The van der Waals surface area contributed by atoms with Crippen molar-refractivity contribution in [2.75, 3.05) is 13.2 Å². The molecule has 0 amide bonds. The van der Waals surface area contributed by atoms with E-state index in [1.807, 2.05) is 109 Å². The Hall–Kier alpha value is -4.32. The van der Waals surface area contributed by atoms with E-state index in [0.717, 1.165) is 33.8 Å². The van der Waals surface area contributed by atoms with Crippen molar-refractivity contribution in [2.24, 2.45) is 10.4 Å². The van der Waals surface area contributed by atoms with Gasteiger partial charge in [0.1, 0.15) is 23.6 Å². The van der Waals surface area contributed by atoms with Crippen LogP contribution in [0.15, 0.2) is 120 Å². The maximum Gasteiger partial charge on any atom is 0.142 e. The van der Waals surface area contributed by atoms with Crippen LogP contribution in [0.4, 0.5) is 0 Å². The Morgan fingerprint density at radius 2 is 0.829 bits per heavy atom. The molecule has 0 saturated heterocycles. The summed E-state index contributed by atoms with van der Waals surface area (Å²) in [5.74, 6) is 1.45. The monoisotopic (exact) mass is 466 g/mol. The lowest BCUT2D eigenvalue weighted by molar-refractivity contribution is 0.247. The van der Waals surface area contributed by atoms with Crippen molar-refractivity contribution < 1.29 is 9.47 Å². The Bertz CT molecular complexity index is 1100. The van der Waals surface area contributed by atoms with Crippen molar-refractivity contribution in [3.8, 4) is 11.5 Å². The number of hydrogen-bond donors (Lipinski definition) is 0. The molecule has 35 heavy (non-hydrogen) atoms. The maximum atomic E-state index is 11.4. The van der Waals surface area contributed by atoms with E-state index in [9.17, 15) is 9.81 Å². The minimum absolute atomic E-state index is 0.497. The summed E-state index contributed by atoms with van der Waals surface area (Å²) in [5, 5.41) is 6.56. The second kappa shape index (κ2) is 12.2.